The number of aromatic nitrogens is 4. The Morgan fingerprint density at radius 3 is 2.11 bits per heavy atom. The topological polar surface area (TPSA) is 401 Å². The van der Waals surface area contributed by atoms with E-state index < -0.39 is 95.9 Å². The van der Waals surface area contributed by atoms with Gasteiger partial charge in [0.05, 0.1) is 25.0 Å². The number of imidazole rings is 1. The van der Waals surface area contributed by atoms with E-state index in [1.165, 1.54) is 25.0 Å². The SMILES string of the molecule is CC(C)(CCCCCc1ccc(CCCCC2(C(=O)CCNC(=O)CCNC(=O)C(O)C(C)(C)COP(=O)(O)OP(=O)(O)OCC3OC(n4cnc5c(N)ncnc54)C(O)C3OP(=O)(O)O)CC2)cc1)C(=O)O. The molecule has 11 N–H and O–H groups in total. The molecule has 2 fully saturated rings. The lowest BCUT2D eigenvalue weighted by Gasteiger charge is -2.30. The minimum absolute atomic E-state index is 0.0264. The number of carboxylic acid groups (broad SMARTS) is 1. The number of anilines is 1. The van der Waals surface area contributed by atoms with Crippen molar-refractivity contribution >= 4 is 64.0 Å². The Bertz CT molecular complexity index is 2540. The quantitative estimate of drug-likeness (QED) is 0.0314. The number of ether oxygens (including phenoxy) is 1. The number of unbranched alkanes of at least 4 members (excludes halogenated alkanes) is 3. The van der Waals surface area contributed by atoms with Crippen LogP contribution in [0, 0.1) is 16.2 Å². The molecule has 73 heavy (non-hydrogen) atoms. The average Bonchev–Trinajstić information content (AvgIpc) is 3.88. The van der Waals surface area contributed by atoms with E-state index in [1.807, 2.05) is 0 Å². The summed E-state index contributed by atoms with van der Waals surface area (Å²) >= 11 is 0. The van der Waals surface area contributed by atoms with Crippen LogP contribution in [0.25, 0.3) is 11.2 Å². The number of aliphatic hydroxyl groups is 2. The number of phosphoric ester groups is 3. The first-order valence-corrected chi connectivity index (χ1v) is 28.3. The number of nitrogen functional groups attached to an aromatic ring is 1. The number of nitrogens with two attached hydrogens (primary N) is 1. The molecule has 5 rings (SSSR count). The van der Waals surface area contributed by atoms with Gasteiger partial charge in [0, 0.05) is 36.8 Å². The lowest BCUT2D eigenvalue weighted by Crippen LogP contribution is -2.46. The van der Waals surface area contributed by atoms with Crippen molar-refractivity contribution in [3.8, 4) is 0 Å². The van der Waals surface area contributed by atoms with Gasteiger partial charge in [0.1, 0.15) is 42.0 Å². The van der Waals surface area contributed by atoms with Gasteiger partial charge in [0.2, 0.25) is 11.8 Å². The Morgan fingerprint density at radius 2 is 1.49 bits per heavy atom. The van der Waals surface area contributed by atoms with Crippen LogP contribution in [0.5, 0.6) is 0 Å². The van der Waals surface area contributed by atoms with Gasteiger partial charge >= 0.3 is 29.4 Å². The minimum Gasteiger partial charge on any atom is -0.481 e. The highest BCUT2D eigenvalue weighted by atomic mass is 31.3. The van der Waals surface area contributed by atoms with Crippen LogP contribution in [0.3, 0.4) is 0 Å². The number of Topliss-reactive ketones (excluding diaryl/α,β-unsaturated/α-hetero) is 1. The van der Waals surface area contributed by atoms with Gasteiger partial charge in [-0.05, 0) is 76.3 Å². The summed E-state index contributed by atoms with van der Waals surface area (Å²) in [6.07, 6.45) is 2.75. The fourth-order valence-corrected chi connectivity index (χ4v) is 11.0. The third-order valence-electron chi connectivity index (χ3n) is 12.9. The first-order valence-electron chi connectivity index (χ1n) is 23.8. The summed E-state index contributed by atoms with van der Waals surface area (Å²) in [4.78, 5) is 101. The number of amides is 2. The van der Waals surface area contributed by atoms with Gasteiger partial charge in [-0.3, -0.25) is 37.3 Å². The number of hydrogen-bond acceptors (Lipinski definition) is 18. The largest absolute Gasteiger partial charge is 0.481 e. The summed E-state index contributed by atoms with van der Waals surface area (Å²) in [6.45, 7) is 3.88. The van der Waals surface area contributed by atoms with Gasteiger partial charge < -0.3 is 56.0 Å². The molecular weight excluding hydrogens is 1020 g/mol. The molecule has 1 aliphatic carbocycles. The van der Waals surface area contributed by atoms with E-state index in [0.29, 0.717) is 6.42 Å². The molecule has 7 atom stereocenters. The second kappa shape index (κ2) is 25.2. The fraction of sp³-hybridized carbons (Fsp3) is 0.659. The van der Waals surface area contributed by atoms with Crippen LogP contribution in [-0.2, 0) is 68.3 Å². The maximum absolute atomic E-state index is 13.1. The van der Waals surface area contributed by atoms with Crippen molar-refractivity contribution in [1.29, 1.82) is 0 Å². The number of rotatable bonds is 32. The summed E-state index contributed by atoms with van der Waals surface area (Å²) in [7, 11) is -16.5. The standard InChI is InChI=1S/C44H68N7O19P3/c1-42(2,41(57)58)18-8-5-6-10-28-12-14-29(15-13-28)11-7-9-19-44(20-21-44)31(52)16-22-46-32(53)17-23-47-39(56)36(55)43(3,4)25-67-73(64,65)70-72(62,63)66-24-30-35(69-71(59,60)61)34(54)40(68-30)51-27-50-33-37(45)48-26-49-38(33)51/h12-15,26-27,30,34-36,40,54-55H,5-11,16-25H2,1-4H3,(H,46,53)(H,47,56)(H,57,58)(H,62,63)(H,64,65)(H2,45,48,49)(H2,59,60,61). The molecule has 7 unspecified atom stereocenters. The number of carbonyl (C=O) groups is 4. The summed E-state index contributed by atoms with van der Waals surface area (Å²) in [6, 6.07) is 8.56. The van der Waals surface area contributed by atoms with Gasteiger partial charge in [-0.2, -0.15) is 4.31 Å². The number of hydrogen-bond donors (Lipinski definition) is 10. The first kappa shape index (κ1) is 59.8. The molecule has 2 aliphatic rings. The van der Waals surface area contributed by atoms with Gasteiger partial charge in [-0.15, -0.1) is 0 Å². The van der Waals surface area contributed by atoms with Crippen molar-refractivity contribution in [3.05, 3.63) is 48.0 Å². The van der Waals surface area contributed by atoms with Crippen molar-refractivity contribution in [1.82, 2.24) is 30.2 Å². The number of benzene rings is 1. The number of carbonyl (C=O) groups excluding carboxylic acids is 3. The Hall–Kier alpha value is -4.10. The van der Waals surface area contributed by atoms with Crippen molar-refractivity contribution in [3.63, 3.8) is 0 Å². The maximum atomic E-state index is 13.1. The van der Waals surface area contributed by atoms with Crippen LogP contribution < -0.4 is 16.4 Å². The second-order valence-electron chi connectivity index (χ2n) is 19.8. The highest BCUT2D eigenvalue weighted by Gasteiger charge is 2.51. The number of nitrogens with one attached hydrogen (secondary N) is 2. The summed E-state index contributed by atoms with van der Waals surface area (Å²) in [5.41, 5.74) is 5.68. The molecule has 0 radical (unpaired) electrons. The summed E-state index contributed by atoms with van der Waals surface area (Å²) < 4.78 is 62.6. The average molecular weight is 1090 g/mol. The lowest BCUT2D eigenvalue weighted by atomic mass is 9.87. The fourth-order valence-electron chi connectivity index (χ4n) is 8.18. The maximum Gasteiger partial charge on any atom is 0.481 e. The minimum atomic E-state index is -5.60. The monoisotopic (exact) mass is 1090 g/mol. The smallest absolute Gasteiger partial charge is 0.481 e. The van der Waals surface area contributed by atoms with E-state index >= 15 is 0 Å². The number of nitrogens with zero attached hydrogens (tertiary/aromatic N) is 4. The van der Waals surface area contributed by atoms with Crippen LogP contribution in [0.4, 0.5) is 5.82 Å². The molecule has 1 saturated heterocycles. The van der Waals surface area contributed by atoms with Crippen LogP contribution in [-0.4, -0.2) is 129 Å². The molecule has 0 spiro atoms. The van der Waals surface area contributed by atoms with Gasteiger partial charge in [0.25, 0.3) is 0 Å². The molecule has 408 valence electrons. The lowest BCUT2D eigenvalue weighted by molar-refractivity contribution is -0.147. The second-order valence-corrected chi connectivity index (χ2v) is 24.0. The molecule has 1 saturated carbocycles. The number of ketones is 1. The third-order valence-corrected chi connectivity index (χ3v) is 16.0. The molecule has 2 aromatic heterocycles. The molecule has 2 amide bonds. The molecule has 1 aliphatic heterocycles. The number of aliphatic hydroxyl groups excluding tert-OH is 2. The third kappa shape index (κ3) is 17.7. The van der Waals surface area contributed by atoms with Crippen molar-refractivity contribution in [2.24, 2.45) is 16.2 Å². The molecule has 3 aromatic rings. The normalized spacial score (nSPS) is 21.0. The number of phosphoric acid groups is 3. The Balaban J connectivity index is 0.959. The zero-order valence-electron chi connectivity index (χ0n) is 41.1. The van der Waals surface area contributed by atoms with E-state index in [2.05, 4.69) is 58.7 Å². The van der Waals surface area contributed by atoms with Crippen LogP contribution in [0.15, 0.2) is 36.9 Å². The molecule has 3 heterocycles. The summed E-state index contributed by atoms with van der Waals surface area (Å²) in [5.74, 6) is -2.16. The van der Waals surface area contributed by atoms with Crippen LogP contribution >= 0.6 is 23.5 Å². The van der Waals surface area contributed by atoms with E-state index in [-0.39, 0.29) is 54.1 Å². The molecular formula is C44H68N7O19P3. The predicted molar refractivity (Wildman–Crippen MR) is 259 cm³/mol. The number of aliphatic carboxylic acids is 1. The molecule has 26 nitrogen and oxygen atoms in total. The van der Waals surface area contributed by atoms with Crippen molar-refractivity contribution < 1.29 is 90.4 Å². The molecule has 0 bridgehead atoms. The van der Waals surface area contributed by atoms with E-state index in [4.69, 9.17) is 19.5 Å². The van der Waals surface area contributed by atoms with E-state index in [1.54, 1.807) is 13.8 Å². The van der Waals surface area contributed by atoms with E-state index in [9.17, 15) is 67.8 Å². The predicted octanol–water partition coefficient (Wildman–Crippen LogP) is 3.77. The number of carboxylic acids is 1. The first-order chi connectivity index (χ1) is 34.0. The van der Waals surface area contributed by atoms with Gasteiger partial charge in [-0.25, -0.2) is 28.6 Å². The van der Waals surface area contributed by atoms with Gasteiger partial charge in [-0.1, -0.05) is 57.4 Å². The zero-order chi connectivity index (χ0) is 54.0. The Kier molecular flexibility index (Phi) is 20.6. The summed E-state index contributed by atoms with van der Waals surface area (Å²) in [5, 5.41) is 36.0. The highest BCUT2D eigenvalue weighted by Crippen LogP contribution is 2.61. The van der Waals surface area contributed by atoms with Gasteiger partial charge in [0.15, 0.2) is 17.7 Å². The van der Waals surface area contributed by atoms with Crippen LogP contribution in [0.2, 0.25) is 0 Å². The number of fused-ring (bicyclic) bond motifs is 1. The van der Waals surface area contributed by atoms with E-state index in [0.717, 1.165) is 81.4 Å². The highest BCUT2D eigenvalue weighted by molar-refractivity contribution is 7.61. The number of aryl methyl sites for hydroxylation is 2. The zero-order valence-corrected chi connectivity index (χ0v) is 43.8. The van der Waals surface area contributed by atoms with Crippen molar-refractivity contribution in [2.75, 3.05) is 32.0 Å². The molecule has 1 aromatic carbocycles. The molecule has 29 heteroatoms. The van der Waals surface area contributed by atoms with Crippen LogP contribution in [0.1, 0.15) is 116 Å². The van der Waals surface area contributed by atoms with Crippen molar-refractivity contribution in [2.45, 2.75) is 142 Å². The Labute approximate surface area is 421 Å². The Morgan fingerprint density at radius 1 is 0.877 bits per heavy atom.